The number of aromatic carboxylic acids is 1. The Hall–Kier alpha value is -3.01. The Bertz CT molecular complexity index is 848. The SMILES string of the molecule is CCC(C)=CCc1c(OC)cc(C=Cc2ccccc2)c(C(=O)O)c1OC. The van der Waals surface area contributed by atoms with Crippen molar-refractivity contribution in [2.75, 3.05) is 14.2 Å². The maximum atomic E-state index is 12.0. The van der Waals surface area contributed by atoms with Gasteiger partial charge < -0.3 is 14.6 Å². The molecule has 0 bridgehead atoms. The van der Waals surface area contributed by atoms with E-state index >= 15 is 0 Å². The Labute approximate surface area is 160 Å². The van der Waals surface area contributed by atoms with E-state index in [0.29, 0.717) is 23.5 Å². The summed E-state index contributed by atoms with van der Waals surface area (Å²) in [5, 5.41) is 9.82. The number of methoxy groups -OCH3 is 2. The predicted octanol–water partition coefficient (Wildman–Crippen LogP) is 5.47. The third-order valence-corrected chi connectivity index (χ3v) is 4.48. The fourth-order valence-corrected chi connectivity index (χ4v) is 2.82. The molecule has 0 fully saturated rings. The lowest BCUT2D eigenvalue weighted by Crippen LogP contribution is -2.08. The Morgan fingerprint density at radius 1 is 1.11 bits per heavy atom. The molecule has 0 saturated heterocycles. The van der Waals surface area contributed by atoms with Crippen LogP contribution in [0, 0.1) is 0 Å². The van der Waals surface area contributed by atoms with Crippen LogP contribution in [0.3, 0.4) is 0 Å². The number of hydrogen-bond donors (Lipinski definition) is 1. The number of carbonyl (C=O) groups is 1. The lowest BCUT2D eigenvalue weighted by atomic mass is 9.97. The van der Waals surface area contributed by atoms with Gasteiger partial charge in [0.25, 0.3) is 0 Å². The van der Waals surface area contributed by atoms with E-state index in [4.69, 9.17) is 9.47 Å². The summed E-state index contributed by atoms with van der Waals surface area (Å²) >= 11 is 0. The van der Waals surface area contributed by atoms with Crippen molar-refractivity contribution in [3.05, 3.63) is 70.3 Å². The van der Waals surface area contributed by atoms with Gasteiger partial charge in [-0.2, -0.15) is 0 Å². The molecule has 0 amide bonds. The molecule has 1 N–H and O–H groups in total. The first-order chi connectivity index (χ1) is 13.0. The second kappa shape index (κ2) is 9.62. The van der Waals surface area contributed by atoms with Crippen LogP contribution in [0.2, 0.25) is 0 Å². The number of ether oxygens (including phenoxy) is 2. The van der Waals surface area contributed by atoms with Crippen molar-refractivity contribution in [1.29, 1.82) is 0 Å². The van der Waals surface area contributed by atoms with E-state index in [1.165, 1.54) is 12.7 Å². The first-order valence-electron chi connectivity index (χ1n) is 8.91. The van der Waals surface area contributed by atoms with Crippen LogP contribution in [-0.2, 0) is 6.42 Å². The lowest BCUT2D eigenvalue weighted by Gasteiger charge is -2.17. The zero-order chi connectivity index (χ0) is 19.8. The van der Waals surface area contributed by atoms with E-state index in [1.807, 2.05) is 43.3 Å². The minimum atomic E-state index is -1.03. The van der Waals surface area contributed by atoms with Gasteiger partial charge in [-0.25, -0.2) is 4.79 Å². The van der Waals surface area contributed by atoms with Gasteiger partial charge in [-0.15, -0.1) is 0 Å². The van der Waals surface area contributed by atoms with Crippen LogP contribution in [0.25, 0.3) is 12.2 Å². The summed E-state index contributed by atoms with van der Waals surface area (Å²) in [6, 6.07) is 11.5. The van der Waals surface area contributed by atoms with Crippen LogP contribution >= 0.6 is 0 Å². The zero-order valence-corrected chi connectivity index (χ0v) is 16.3. The van der Waals surface area contributed by atoms with E-state index < -0.39 is 5.97 Å². The average molecular weight is 366 g/mol. The molecule has 0 heterocycles. The highest BCUT2D eigenvalue weighted by molar-refractivity contribution is 5.97. The summed E-state index contributed by atoms with van der Waals surface area (Å²) in [6.07, 6.45) is 7.22. The second-order valence-electron chi connectivity index (χ2n) is 6.21. The van der Waals surface area contributed by atoms with Crippen molar-refractivity contribution in [2.24, 2.45) is 0 Å². The van der Waals surface area contributed by atoms with Gasteiger partial charge in [0, 0.05) is 5.56 Å². The average Bonchev–Trinajstić information content (AvgIpc) is 2.69. The quantitative estimate of drug-likeness (QED) is 0.497. The molecule has 27 heavy (non-hydrogen) atoms. The molecular formula is C23H26O4. The molecule has 0 atom stereocenters. The Kier molecular flexibility index (Phi) is 7.24. The zero-order valence-electron chi connectivity index (χ0n) is 16.3. The van der Waals surface area contributed by atoms with Crippen LogP contribution in [0.1, 0.15) is 47.3 Å². The van der Waals surface area contributed by atoms with Crippen molar-refractivity contribution in [3.63, 3.8) is 0 Å². The molecule has 0 aliphatic carbocycles. The maximum absolute atomic E-state index is 12.0. The molecule has 0 radical (unpaired) electrons. The molecular weight excluding hydrogens is 340 g/mol. The summed E-state index contributed by atoms with van der Waals surface area (Å²) < 4.78 is 11.1. The van der Waals surface area contributed by atoms with Gasteiger partial charge in [-0.1, -0.05) is 61.1 Å². The maximum Gasteiger partial charge on any atom is 0.340 e. The minimum absolute atomic E-state index is 0.142. The Morgan fingerprint density at radius 3 is 2.37 bits per heavy atom. The number of allylic oxidation sites excluding steroid dienone is 2. The van der Waals surface area contributed by atoms with E-state index in [2.05, 4.69) is 13.0 Å². The van der Waals surface area contributed by atoms with E-state index in [1.54, 1.807) is 19.3 Å². The van der Waals surface area contributed by atoms with E-state index in [9.17, 15) is 9.90 Å². The first-order valence-corrected chi connectivity index (χ1v) is 8.91. The molecule has 4 heteroatoms. The number of carboxylic acid groups (broad SMARTS) is 1. The molecule has 0 unspecified atom stereocenters. The second-order valence-corrected chi connectivity index (χ2v) is 6.21. The molecule has 0 spiro atoms. The van der Waals surface area contributed by atoms with Gasteiger partial charge >= 0.3 is 5.97 Å². The summed E-state index contributed by atoms with van der Waals surface area (Å²) in [5.74, 6) is -0.0703. The van der Waals surface area contributed by atoms with Gasteiger partial charge in [0.1, 0.15) is 17.1 Å². The van der Waals surface area contributed by atoms with Crippen LogP contribution < -0.4 is 9.47 Å². The van der Waals surface area contributed by atoms with E-state index in [-0.39, 0.29) is 5.56 Å². The molecule has 0 aliphatic rings. The van der Waals surface area contributed by atoms with Crippen molar-refractivity contribution in [2.45, 2.75) is 26.7 Å². The third kappa shape index (κ3) is 5.00. The molecule has 2 aromatic carbocycles. The van der Waals surface area contributed by atoms with Crippen molar-refractivity contribution in [1.82, 2.24) is 0 Å². The Morgan fingerprint density at radius 2 is 1.81 bits per heavy atom. The van der Waals surface area contributed by atoms with Gasteiger partial charge in [0.15, 0.2) is 0 Å². The lowest BCUT2D eigenvalue weighted by molar-refractivity contribution is 0.0693. The largest absolute Gasteiger partial charge is 0.496 e. The van der Waals surface area contributed by atoms with Crippen molar-refractivity contribution < 1.29 is 19.4 Å². The predicted molar refractivity (Wildman–Crippen MR) is 110 cm³/mol. The molecule has 2 rings (SSSR count). The highest BCUT2D eigenvalue weighted by Crippen LogP contribution is 2.37. The van der Waals surface area contributed by atoms with E-state index in [0.717, 1.165) is 17.5 Å². The van der Waals surface area contributed by atoms with Gasteiger partial charge in [-0.05, 0) is 37.0 Å². The molecule has 2 aromatic rings. The van der Waals surface area contributed by atoms with Crippen LogP contribution in [-0.4, -0.2) is 25.3 Å². The summed E-state index contributed by atoms with van der Waals surface area (Å²) in [7, 11) is 3.07. The highest BCUT2D eigenvalue weighted by atomic mass is 16.5. The van der Waals surface area contributed by atoms with Gasteiger partial charge in [0.05, 0.1) is 14.2 Å². The smallest absolute Gasteiger partial charge is 0.340 e. The third-order valence-electron chi connectivity index (χ3n) is 4.48. The minimum Gasteiger partial charge on any atom is -0.496 e. The van der Waals surface area contributed by atoms with Crippen LogP contribution in [0.5, 0.6) is 11.5 Å². The number of hydrogen-bond acceptors (Lipinski definition) is 3. The van der Waals surface area contributed by atoms with Crippen molar-refractivity contribution >= 4 is 18.1 Å². The fraction of sp³-hybridized carbons (Fsp3) is 0.261. The monoisotopic (exact) mass is 366 g/mol. The number of rotatable bonds is 8. The van der Waals surface area contributed by atoms with Crippen LogP contribution in [0.4, 0.5) is 0 Å². The standard InChI is InChI=1S/C23H26O4/c1-5-16(2)11-14-19-20(26-3)15-18(21(23(24)25)22(19)27-4)13-12-17-9-7-6-8-10-17/h6-13,15H,5,14H2,1-4H3,(H,24,25). The highest BCUT2D eigenvalue weighted by Gasteiger charge is 2.22. The number of carboxylic acids is 1. The molecule has 4 nitrogen and oxygen atoms in total. The molecule has 0 aromatic heterocycles. The van der Waals surface area contributed by atoms with Gasteiger partial charge in [-0.3, -0.25) is 0 Å². The Balaban J connectivity index is 2.60. The summed E-state index contributed by atoms with van der Waals surface area (Å²) in [4.78, 5) is 12.0. The molecule has 0 saturated carbocycles. The number of benzene rings is 2. The molecule has 142 valence electrons. The van der Waals surface area contributed by atoms with Crippen LogP contribution in [0.15, 0.2) is 48.0 Å². The van der Waals surface area contributed by atoms with Gasteiger partial charge in [0.2, 0.25) is 0 Å². The topological polar surface area (TPSA) is 55.8 Å². The summed E-state index contributed by atoms with van der Waals surface area (Å²) in [5.41, 5.74) is 3.63. The van der Waals surface area contributed by atoms with Crippen molar-refractivity contribution in [3.8, 4) is 11.5 Å². The normalized spacial score (nSPS) is 11.6. The molecule has 0 aliphatic heterocycles. The fourth-order valence-electron chi connectivity index (χ4n) is 2.82. The first kappa shape index (κ1) is 20.3. The summed E-state index contributed by atoms with van der Waals surface area (Å²) in [6.45, 7) is 4.13.